The molecule has 1 aromatic heterocycles. The van der Waals surface area contributed by atoms with E-state index in [1.165, 1.54) is 0 Å². The van der Waals surface area contributed by atoms with Crippen molar-refractivity contribution in [3.8, 4) is 11.6 Å². The number of para-hydroxylation sites is 1. The van der Waals surface area contributed by atoms with Gasteiger partial charge in [0, 0.05) is 18.1 Å². The van der Waals surface area contributed by atoms with Gasteiger partial charge in [-0.2, -0.15) is 4.98 Å². The maximum Gasteiger partial charge on any atom is 0.224 e. The molecule has 0 fully saturated rings. The lowest BCUT2D eigenvalue weighted by atomic mass is 10.2. The molecule has 0 aliphatic heterocycles. The largest absolute Gasteiger partial charge is 0.438 e. The first-order valence-electron chi connectivity index (χ1n) is 5.63. The Labute approximate surface area is 110 Å². The number of benzene rings is 1. The number of aliphatic hydroxyl groups excluding tert-OH is 1. The number of ether oxygens (including phenoxy) is 1. The molecule has 0 atom stereocenters. The summed E-state index contributed by atoms with van der Waals surface area (Å²) in [6.45, 7) is 1.85. The summed E-state index contributed by atoms with van der Waals surface area (Å²) in [5.74, 6) is 1.57. The molecule has 2 rings (SSSR count). The minimum atomic E-state index is -0.0877. The highest BCUT2D eigenvalue weighted by Crippen LogP contribution is 2.25. The third-order valence-electron chi connectivity index (χ3n) is 2.39. The highest BCUT2D eigenvalue weighted by atomic mass is 35.5. The van der Waals surface area contributed by atoms with Crippen LogP contribution in [0.4, 0.5) is 0 Å². The van der Waals surface area contributed by atoms with Gasteiger partial charge in [0.2, 0.25) is 5.88 Å². The lowest BCUT2D eigenvalue weighted by molar-refractivity contribution is 0.276. The first kappa shape index (κ1) is 12.8. The lowest BCUT2D eigenvalue weighted by Gasteiger charge is -2.09. The van der Waals surface area contributed by atoms with E-state index < -0.39 is 0 Å². The number of hydrogen-bond donors (Lipinski definition) is 1. The molecular weight excluding hydrogens is 252 g/mol. The number of rotatable bonds is 4. The van der Waals surface area contributed by atoms with Gasteiger partial charge in [-0.3, -0.25) is 0 Å². The van der Waals surface area contributed by atoms with Gasteiger partial charge in [-0.05, 0) is 6.07 Å². The number of aliphatic hydroxyl groups is 1. The first-order valence-corrected chi connectivity index (χ1v) is 6.00. The van der Waals surface area contributed by atoms with Gasteiger partial charge in [0.1, 0.15) is 16.7 Å². The van der Waals surface area contributed by atoms with Gasteiger partial charge in [-0.1, -0.05) is 36.7 Å². The fourth-order valence-electron chi connectivity index (χ4n) is 1.50. The summed E-state index contributed by atoms with van der Waals surface area (Å²) in [6.07, 6.45) is 0.679. The van der Waals surface area contributed by atoms with Gasteiger partial charge in [0.15, 0.2) is 0 Å². The number of nitrogens with zero attached hydrogens (tertiary/aromatic N) is 2. The predicted octanol–water partition coefficient (Wildman–Crippen LogP) is 2.98. The molecule has 0 aliphatic rings. The van der Waals surface area contributed by atoms with Crippen LogP contribution in [0.5, 0.6) is 11.6 Å². The summed E-state index contributed by atoms with van der Waals surface area (Å²) < 4.78 is 5.63. The molecule has 1 N–H and O–H groups in total. The van der Waals surface area contributed by atoms with Gasteiger partial charge in [-0.15, -0.1) is 0 Å². The van der Waals surface area contributed by atoms with Crippen LogP contribution in [0.25, 0.3) is 0 Å². The van der Waals surface area contributed by atoms with Gasteiger partial charge < -0.3 is 9.84 Å². The van der Waals surface area contributed by atoms with Crippen LogP contribution in [0, 0.1) is 0 Å². The molecule has 0 unspecified atom stereocenters. The monoisotopic (exact) mass is 264 g/mol. The van der Waals surface area contributed by atoms with Crippen molar-refractivity contribution in [3.63, 3.8) is 0 Å². The third-order valence-corrected chi connectivity index (χ3v) is 2.59. The highest BCUT2D eigenvalue weighted by Gasteiger charge is 2.07. The van der Waals surface area contributed by atoms with Crippen molar-refractivity contribution in [2.75, 3.05) is 0 Å². The van der Waals surface area contributed by atoms with Crippen molar-refractivity contribution in [2.45, 2.75) is 20.0 Å². The van der Waals surface area contributed by atoms with E-state index in [1.54, 1.807) is 18.2 Å². The Morgan fingerprint density at radius 2 is 2.06 bits per heavy atom. The Balaban J connectivity index is 2.30. The first-order chi connectivity index (χ1) is 8.72. The van der Waals surface area contributed by atoms with Crippen molar-refractivity contribution in [1.82, 2.24) is 9.97 Å². The van der Waals surface area contributed by atoms with E-state index in [4.69, 9.17) is 16.3 Å². The van der Waals surface area contributed by atoms with Crippen LogP contribution in [0.2, 0.25) is 5.15 Å². The molecule has 4 nitrogen and oxygen atoms in total. The van der Waals surface area contributed by atoms with E-state index in [2.05, 4.69) is 9.97 Å². The normalized spacial score (nSPS) is 10.4. The molecule has 5 heteroatoms. The topological polar surface area (TPSA) is 55.2 Å². The Morgan fingerprint density at radius 3 is 2.78 bits per heavy atom. The quantitative estimate of drug-likeness (QED) is 0.863. The van der Waals surface area contributed by atoms with Crippen molar-refractivity contribution in [1.29, 1.82) is 0 Å². The Kier molecular flexibility index (Phi) is 4.12. The van der Waals surface area contributed by atoms with Crippen LogP contribution in [0.3, 0.4) is 0 Å². The minimum absolute atomic E-state index is 0.0877. The number of halogens is 1. The van der Waals surface area contributed by atoms with E-state index in [0.717, 1.165) is 0 Å². The van der Waals surface area contributed by atoms with Gasteiger partial charge >= 0.3 is 0 Å². The van der Waals surface area contributed by atoms with Gasteiger partial charge in [0.25, 0.3) is 0 Å². The second-order valence-corrected chi connectivity index (χ2v) is 4.05. The standard InChI is InChI=1S/C13H13ClN2O2/c1-2-12-15-11(14)7-13(16-12)18-10-6-4-3-5-9(10)8-17/h3-7,17H,2,8H2,1H3. The smallest absolute Gasteiger partial charge is 0.224 e. The molecule has 1 aromatic carbocycles. The summed E-state index contributed by atoms with van der Waals surface area (Å²) in [5.41, 5.74) is 0.699. The molecule has 1 heterocycles. The van der Waals surface area contributed by atoms with E-state index in [9.17, 15) is 5.11 Å². The SMILES string of the molecule is CCc1nc(Cl)cc(Oc2ccccc2CO)n1. The van der Waals surface area contributed by atoms with E-state index in [0.29, 0.717) is 34.6 Å². The maximum absolute atomic E-state index is 9.21. The average molecular weight is 265 g/mol. The fourth-order valence-corrected chi connectivity index (χ4v) is 1.69. The average Bonchev–Trinajstić information content (AvgIpc) is 2.38. The van der Waals surface area contributed by atoms with Crippen LogP contribution in [-0.4, -0.2) is 15.1 Å². The molecule has 0 saturated carbocycles. The molecule has 94 valence electrons. The summed E-state index contributed by atoms with van der Waals surface area (Å²) >= 11 is 5.89. The molecule has 0 amide bonds. The second-order valence-electron chi connectivity index (χ2n) is 3.67. The minimum Gasteiger partial charge on any atom is -0.438 e. The van der Waals surface area contributed by atoms with Crippen molar-refractivity contribution < 1.29 is 9.84 Å². The zero-order valence-corrected chi connectivity index (χ0v) is 10.7. The summed E-state index contributed by atoms with van der Waals surface area (Å²) in [5, 5.41) is 9.56. The summed E-state index contributed by atoms with van der Waals surface area (Å²) in [4.78, 5) is 8.28. The van der Waals surface area contributed by atoms with Crippen LogP contribution in [0.15, 0.2) is 30.3 Å². The number of hydrogen-bond acceptors (Lipinski definition) is 4. The number of aryl methyl sites for hydroxylation is 1. The van der Waals surface area contributed by atoms with Crippen LogP contribution in [-0.2, 0) is 13.0 Å². The molecule has 2 aromatic rings. The Bertz CT molecular complexity index is 546. The lowest BCUT2D eigenvalue weighted by Crippen LogP contribution is -1.98. The van der Waals surface area contributed by atoms with Crippen molar-refractivity contribution in [2.24, 2.45) is 0 Å². The predicted molar refractivity (Wildman–Crippen MR) is 68.9 cm³/mol. The molecule has 0 spiro atoms. The fraction of sp³-hybridized carbons (Fsp3) is 0.231. The van der Waals surface area contributed by atoms with Crippen LogP contribution >= 0.6 is 11.6 Å². The molecule has 0 radical (unpaired) electrons. The van der Waals surface area contributed by atoms with Crippen molar-refractivity contribution in [3.05, 3.63) is 46.9 Å². The third kappa shape index (κ3) is 2.97. The molecule has 0 saturated heterocycles. The summed E-state index contributed by atoms with van der Waals surface area (Å²) in [6, 6.07) is 8.78. The van der Waals surface area contributed by atoms with E-state index in [-0.39, 0.29) is 6.61 Å². The van der Waals surface area contributed by atoms with Crippen LogP contribution in [0.1, 0.15) is 18.3 Å². The summed E-state index contributed by atoms with van der Waals surface area (Å²) in [7, 11) is 0. The zero-order chi connectivity index (χ0) is 13.0. The Morgan fingerprint density at radius 1 is 1.28 bits per heavy atom. The maximum atomic E-state index is 9.21. The Hall–Kier alpha value is -1.65. The van der Waals surface area contributed by atoms with Crippen molar-refractivity contribution >= 4 is 11.6 Å². The van der Waals surface area contributed by atoms with E-state index >= 15 is 0 Å². The second kappa shape index (κ2) is 5.80. The van der Waals surface area contributed by atoms with Gasteiger partial charge in [-0.25, -0.2) is 4.98 Å². The molecule has 0 aliphatic carbocycles. The van der Waals surface area contributed by atoms with E-state index in [1.807, 2.05) is 19.1 Å². The molecule has 18 heavy (non-hydrogen) atoms. The highest BCUT2D eigenvalue weighted by molar-refractivity contribution is 6.29. The molecular formula is C13H13ClN2O2. The zero-order valence-electron chi connectivity index (χ0n) is 9.93. The number of aromatic nitrogens is 2. The van der Waals surface area contributed by atoms with Gasteiger partial charge in [0.05, 0.1) is 6.61 Å². The van der Waals surface area contributed by atoms with Crippen LogP contribution < -0.4 is 4.74 Å². The molecule has 0 bridgehead atoms.